The molecule has 5 nitrogen and oxygen atoms in total. The minimum atomic E-state index is -0.652. The topological polar surface area (TPSA) is 76.0 Å². The van der Waals surface area contributed by atoms with E-state index in [1.165, 1.54) is 19.1 Å². The maximum atomic E-state index is 11.4. The van der Waals surface area contributed by atoms with Crippen molar-refractivity contribution in [1.29, 1.82) is 0 Å². The van der Waals surface area contributed by atoms with Gasteiger partial charge in [-0.05, 0) is 45.3 Å². The highest BCUT2D eigenvalue weighted by atomic mass is 32.2. The molecule has 0 saturated carbocycles. The van der Waals surface area contributed by atoms with Gasteiger partial charge in [0.05, 0.1) is 16.8 Å². The Morgan fingerprint density at radius 1 is 1.17 bits per heavy atom. The maximum absolute atomic E-state index is 11.4. The SMILES string of the molecule is CC(=O)SCC(=Cc1c(O)cccc1O)B1OC(C)(C)C(C)(C)O1. The van der Waals surface area contributed by atoms with Gasteiger partial charge in [-0.25, -0.2) is 0 Å². The molecular weight excluding hydrogens is 327 g/mol. The summed E-state index contributed by atoms with van der Waals surface area (Å²) in [6.45, 7) is 9.27. The first-order chi connectivity index (χ1) is 11.0. The Hall–Kier alpha value is -1.44. The first kappa shape index (κ1) is 18.9. The molecule has 1 aliphatic rings. The Labute approximate surface area is 147 Å². The van der Waals surface area contributed by atoms with Gasteiger partial charge >= 0.3 is 7.12 Å². The fraction of sp³-hybridized carbons (Fsp3) is 0.471. The summed E-state index contributed by atoms with van der Waals surface area (Å²) in [7, 11) is -0.652. The summed E-state index contributed by atoms with van der Waals surface area (Å²) in [6, 6.07) is 4.54. The molecule has 0 aromatic heterocycles. The smallest absolute Gasteiger partial charge is 0.491 e. The van der Waals surface area contributed by atoms with Gasteiger partial charge < -0.3 is 19.5 Å². The van der Waals surface area contributed by atoms with Gasteiger partial charge in [-0.2, -0.15) is 0 Å². The lowest BCUT2D eigenvalue weighted by Gasteiger charge is -2.32. The van der Waals surface area contributed by atoms with Gasteiger partial charge in [0.1, 0.15) is 11.5 Å². The third-order valence-electron chi connectivity index (χ3n) is 4.39. The second-order valence-corrected chi connectivity index (χ2v) is 7.95. The molecule has 1 saturated heterocycles. The summed E-state index contributed by atoms with van der Waals surface area (Å²) < 4.78 is 12.1. The molecule has 2 N–H and O–H groups in total. The van der Waals surface area contributed by atoms with Gasteiger partial charge in [-0.3, -0.25) is 4.79 Å². The number of carbonyl (C=O) groups is 1. The minimum absolute atomic E-state index is 0.0288. The first-order valence-electron chi connectivity index (χ1n) is 7.74. The van der Waals surface area contributed by atoms with Crippen molar-refractivity contribution in [3.63, 3.8) is 0 Å². The van der Waals surface area contributed by atoms with E-state index >= 15 is 0 Å². The molecule has 7 heteroatoms. The lowest BCUT2D eigenvalue weighted by atomic mass is 9.78. The van der Waals surface area contributed by atoms with E-state index in [4.69, 9.17) is 9.31 Å². The lowest BCUT2D eigenvalue weighted by molar-refractivity contribution is -0.109. The van der Waals surface area contributed by atoms with Gasteiger partial charge in [0.2, 0.25) is 0 Å². The average Bonchev–Trinajstić information content (AvgIpc) is 2.65. The van der Waals surface area contributed by atoms with Crippen LogP contribution in [0.5, 0.6) is 11.5 Å². The van der Waals surface area contributed by atoms with Crippen LogP contribution in [-0.2, 0) is 14.1 Å². The molecule has 0 aliphatic carbocycles. The van der Waals surface area contributed by atoms with Crippen LogP contribution >= 0.6 is 11.8 Å². The van der Waals surface area contributed by atoms with Crippen LogP contribution in [0.25, 0.3) is 6.08 Å². The molecule has 0 radical (unpaired) electrons. The molecule has 1 fully saturated rings. The zero-order valence-corrected chi connectivity index (χ0v) is 15.4. The summed E-state index contributed by atoms with van der Waals surface area (Å²) in [4.78, 5) is 11.4. The van der Waals surface area contributed by atoms with Crippen LogP contribution in [0.4, 0.5) is 0 Å². The van der Waals surface area contributed by atoms with E-state index < -0.39 is 18.3 Å². The quantitative estimate of drug-likeness (QED) is 0.811. The molecule has 1 aliphatic heterocycles. The molecule has 1 aromatic rings. The van der Waals surface area contributed by atoms with Crippen LogP contribution in [-0.4, -0.2) is 39.4 Å². The van der Waals surface area contributed by atoms with E-state index in [1.807, 2.05) is 27.7 Å². The number of benzene rings is 1. The molecule has 0 bridgehead atoms. The highest BCUT2D eigenvalue weighted by Crippen LogP contribution is 2.40. The Bertz CT molecular complexity index is 633. The zero-order valence-electron chi connectivity index (χ0n) is 14.6. The molecule has 24 heavy (non-hydrogen) atoms. The van der Waals surface area contributed by atoms with Crippen molar-refractivity contribution in [2.24, 2.45) is 0 Å². The predicted octanol–water partition coefficient (Wildman–Crippen LogP) is 3.39. The van der Waals surface area contributed by atoms with Gasteiger partial charge in [0.15, 0.2) is 5.12 Å². The van der Waals surface area contributed by atoms with Gasteiger partial charge in [-0.15, -0.1) is 0 Å². The summed E-state index contributed by atoms with van der Waals surface area (Å²) in [5.74, 6) is 0.258. The van der Waals surface area contributed by atoms with Gasteiger partial charge in [0.25, 0.3) is 0 Å². The average molecular weight is 350 g/mol. The molecule has 0 spiro atoms. The summed E-state index contributed by atoms with van der Waals surface area (Å²) in [5.41, 5.74) is -0.0753. The van der Waals surface area contributed by atoms with E-state index in [9.17, 15) is 15.0 Å². The highest BCUT2D eigenvalue weighted by Gasteiger charge is 2.52. The van der Waals surface area contributed by atoms with Crippen molar-refractivity contribution < 1.29 is 24.3 Å². The van der Waals surface area contributed by atoms with E-state index in [1.54, 1.807) is 12.1 Å². The second kappa shape index (κ2) is 6.82. The van der Waals surface area contributed by atoms with Gasteiger partial charge in [-0.1, -0.05) is 23.9 Å². The lowest BCUT2D eigenvalue weighted by Crippen LogP contribution is -2.41. The Kier molecular flexibility index (Phi) is 5.37. The number of thioether (sulfide) groups is 1. The normalized spacial score (nSPS) is 19.5. The summed E-state index contributed by atoms with van der Waals surface area (Å²) in [5, 5.41) is 20.0. The molecule has 2 rings (SSSR count). The molecule has 1 heterocycles. The van der Waals surface area contributed by atoms with Gasteiger partial charge in [0, 0.05) is 12.7 Å². The van der Waals surface area contributed by atoms with Crippen LogP contribution in [0, 0.1) is 0 Å². The highest BCUT2D eigenvalue weighted by molar-refractivity contribution is 8.13. The Balaban J connectivity index is 2.39. The van der Waals surface area contributed by atoms with Crippen molar-refractivity contribution >= 4 is 30.1 Å². The fourth-order valence-corrected chi connectivity index (χ4v) is 2.82. The second-order valence-electron chi connectivity index (χ2n) is 6.80. The number of phenols is 2. The van der Waals surface area contributed by atoms with Crippen LogP contribution in [0.2, 0.25) is 0 Å². The molecule has 0 unspecified atom stereocenters. The van der Waals surface area contributed by atoms with Crippen LogP contribution < -0.4 is 0 Å². The molecule has 130 valence electrons. The monoisotopic (exact) mass is 350 g/mol. The van der Waals surface area contributed by atoms with E-state index in [0.29, 0.717) is 11.2 Å². The van der Waals surface area contributed by atoms with Crippen molar-refractivity contribution in [2.45, 2.75) is 45.8 Å². The van der Waals surface area contributed by atoms with Crippen molar-refractivity contribution in [3.8, 4) is 11.5 Å². The fourth-order valence-electron chi connectivity index (χ4n) is 2.23. The standard InChI is InChI=1S/C17H23BO5S/c1-11(19)24-10-12(9-13-14(20)7-6-8-15(13)21)18-22-16(2,3)17(4,5)23-18/h6-9,20-21H,10H2,1-5H3. The zero-order chi connectivity index (χ0) is 18.1. The van der Waals surface area contributed by atoms with E-state index in [2.05, 4.69) is 0 Å². The molecular formula is C17H23BO5S. The van der Waals surface area contributed by atoms with Crippen LogP contribution in [0.3, 0.4) is 0 Å². The Morgan fingerprint density at radius 3 is 2.12 bits per heavy atom. The van der Waals surface area contributed by atoms with Crippen molar-refractivity contribution in [2.75, 3.05) is 5.75 Å². The predicted molar refractivity (Wildman–Crippen MR) is 97.0 cm³/mol. The minimum Gasteiger partial charge on any atom is -0.507 e. The van der Waals surface area contributed by atoms with Crippen molar-refractivity contribution in [1.82, 2.24) is 0 Å². The van der Waals surface area contributed by atoms with E-state index in [0.717, 1.165) is 11.8 Å². The van der Waals surface area contributed by atoms with Crippen molar-refractivity contribution in [3.05, 3.63) is 29.2 Å². The molecule has 0 amide bonds. The number of carbonyl (C=O) groups excluding carboxylic acids is 1. The van der Waals surface area contributed by atoms with Crippen LogP contribution in [0.15, 0.2) is 23.7 Å². The van der Waals surface area contributed by atoms with Crippen LogP contribution in [0.1, 0.15) is 40.2 Å². The number of rotatable bonds is 4. The largest absolute Gasteiger partial charge is 0.507 e. The molecule has 1 aromatic carbocycles. The number of hydrogen-bond donors (Lipinski definition) is 2. The number of aromatic hydroxyl groups is 2. The first-order valence-corrected chi connectivity index (χ1v) is 8.72. The maximum Gasteiger partial charge on any atom is 0.491 e. The third-order valence-corrected chi connectivity index (χ3v) is 5.27. The third kappa shape index (κ3) is 3.96. The summed E-state index contributed by atoms with van der Waals surface area (Å²) >= 11 is 1.13. The molecule has 0 atom stereocenters. The Morgan fingerprint density at radius 2 is 1.67 bits per heavy atom. The number of hydrogen-bond acceptors (Lipinski definition) is 6. The number of phenolic OH excluding ortho intramolecular Hbond substituents is 2. The summed E-state index contributed by atoms with van der Waals surface area (Å²) in [6.07, 6.45) is 1.63. The van der Waals surface area contributed by atoms with E-state index in [-0.39, 0.29) is 22.2 Å².